The van der Waals surface area contributed by atoms with Gasteiger partial charge in [0.15, 0.2) is 0 Å². The Labute approximate surface area is 124 Å². The second-order valence-electron chi connectivity index (χ2n) is 4.25. The van der Waals surface area contributed by atoms with Crippen LogP contribution in [0.15, 0.2) is 41.8 Å². The maximum atomic E-state index is 12.1. The molecule has 0 aliphatic heterocycles. The van der Waals surface area contributed by atoms with E-state index >= 15 is 0 Å². The highest BCUT2D eigenvalue weighted by molar-refractivity contribution is 7.27. The predicted molar refractivity (Wildman–Crippen MR) is 83.4 cm³/mol. The van der Waals surface area contributed by atoms with Gasteiger partial charge in [-0.2, -0.15) is 5.26 Å². The standard InChI is InChI=1S/C15H10N2OS2/c16-7-5-10-1-3-11(4-2-10)17-15(18)14-9-13-12(20-14)6-8-19-13/h1-4,6,8-9H,5H2,(H,17,18). The smallest absolute Gasteiger partial charge is 0.265 e. The number of anilines is 1. The van der Waals surface area contributed by atoms with Gasteiger partial charge < -0.3 is 5.32 Å². The third-order valence-corrected chi connectivity index (χ3v) is 4.95. The lowest BCUT2D eigenvalue weighted by molar-refractivity contribution is 0.103. The molecular formula is C15H10N2OS2. The zero-order valence-corrected chi connectivity index (χ0v) is 12.1. The first-order chi connectivity index (χ1) is 9.76. The molecule has 0 unspecified atom stereocenters. The Morgan fingerprint density at radius 2 is 2.00 bits per heavy atom. The summed E-state index contributed by atoms with van der Waals surface area (Å²) in [7, 11) is 0. The van der Waals surface area contributed by atoms with Crippen molar-refractivity contribution in [1.29, 1.82) is 5.26 Å². The maximum absolute atomic E-state index is 12.1. The quantitative estimate of drug-likeness (QED) is 0.784. The first-order valence-electron chi connectivity index (χ1n) is 6.00. The predicted octanol–water partition coefficient (Wildman–Crippen LogP) is 4.28. The van der Waals surface area contributed by atoms with Gasteiger partial charge in [-0.25, -0.2) is 0 Å². The number of nitriles is 1. The van der Waals surface area contributed by atoms with E-state index < -0.39 is 0 Å². The van der Waals surface area contributed by atoms with Crippen LogP contribution < -0.4 is 5.32 Å². The van der Waals surface area contributed by atoms with Crippen molar-refractivity contribution in [3.63, 3.8) is 0 Å². The fourth-order valence-electron chi connectivity index (χ4n) is 1.87. The molecule has 1 N–H and O–H groups in total. The number of hydrogen-bond donors (Lipinski definition) is 1. The number of carbonyl (C=O) groups excluding carboxylic acids is 1. The van der Waals surface area contributed by atoms with E-state index in [-0.39, 0.29) is 5.91 Å². The Hall–Kier alpha value is -2.16. The summed E-state index contributed by atoms with van der Waals surface area (Å²) < 4.78 is 2.29. The van der Waals surface area contributed by atoms with E-state index in [9.17, 15) is 4.79 Å². The van der Waals surface area contributed by atoms with E-state index in [0.29, 0.717) is 11.3 Å². The molecule has 3 rings (SSSR count). The third-order valence-electron chi connectivity index (χ3n) is 2.86. The minimum atomic E-state index is -0.0913. The Morgan fingerprint density at radius 3 is 2.70 bits per heavy atom. The maximum Gasteiger partial charge on any atom is 0.265 e. The van der Waals surface area contributed by atoms with Crippen LogP contribution in [0.4, 0.5) is 5.69 Å². The number of hydrogen-bond acceptors (Lipinski definition) is 4. The molecule has 0 radical (unpaired) electrons. The summed E-state index contributed by atoms with van der Waals surface area (Å²) in [6.07, 6.45) is 0.384. The number of rotatable bonds is 3. The molecule has 2 heterocycles. The summed E-state index contributed by atoms with van der Waals surface area (Å²) in [6.45, 7) is 0. The van der Waals surface area contributed by atoms with E-state index in [1.807, 2.05) is 41.8 Å². The van der Waals surface area contributed by atoms with Gasteiger partial charge in [-0.1, -0.05) is 12.1 Å². The van der Waals surface area contributed by atoms with Crippen molar-refractivity contribution in [3.8, 4) is 6.07 Å². The van der Waals surface area contributed by atoms with Crippen LogP contribution in [0.5, 0.6) is 0 Å². The summed E-state index contributed by atoms with van der Waals surface area (Å²) >= 11 is 3.14. The van der Waals surface area contributed by atoms with Crippen LogP contribution in [-0.4, -0.2) is 5.91 Å². The van der Waals surface area contributed by atoms with Gasteiger partial charge in [-0.05, 0) is 35.2 Å². The Kier molecular flexibility index (Phi) is 3.50. The zero-order chi connectivity index (χ0) is 13.9. The average Bonchev–Trinajstić information content (AvgIpc) is 3.02. The number of amides is 1. The normalized spacial score (nSPS) is 10.3. The molecule has 0 saturated heterocycles. The van der Waals surface area contributed by atoms with Crippen molar-refractivity contribution in [2.75, 3.05) is 5.32 Å². The SMILES string of the molecule is N#CCc1ccc(NC(=O)c2cc3sccc3s2)cc1. The van der Waals surface area contributed by atoms with Gasteiger partial charge >= 0.3 is 0 Å². The van der Waals surface area contributed by atoms with E-state index in [4.69, 9.17) is 5.26 Å². The van der Waals surface area contributed by atoms with Gasteiger partial charge in [0.1, 0.15) is 0 Å². The molecule has 2 aromatic heterocycles. The van der Waals surface area contributed by atoms with Crippen molar-refractivity contribution >= 4 is 43.7 Å². The molecule has 0 aliphatic carbocycles. The van der Waals surface area contributed by atoms with Crippen molar-refractivity contribution in [2.45, 2.75) is 6.42 Å². The van der Waals surface area contributed by atoms with Crippen LogP contribution in [0, 0.1) is 11.3 Å². The first-order valence-corrected chi connectivity index (χ1v) is 7.70. The summed E-state index contributed by atoms with van der Waals surface area (Å²) in [4.78, 5) is 12.9. The van der Waals surface area contributed by atoms with Crippen LogP contribution in [0.25, 0.3) is 9.40 Å². The van der Waals surface area contributed by atoms with E-state index in [1.54, 1.807) is 11.3 Å². The number of benzene rings is 1. The van der Waals surface area contributed by atoms with Crippen molar-refractivity contribution in [1.82, 2.24) is 0 Å². The van der Waals surface area contributed by atoms with Crippen LogP contribution >= 0.6 is 22.7 Å². The van der Waals surface area contributed by atoms with E-state index in [1.165, 1.54) is 11.3 Å². The summed E-state index contributed by atoms with van der Waals surface area (Å²) in [5.74, 6) is -0.0913. The Morgan fingerprint density at radius 1 is 1.20 bits per heavy atom. The van der Waals surface area contributed by atoms with Gasteiger partial charge in [0.25, 0.3) is 5.91 Å². The Balaban J connectivity index is 1.75. The molecule has 0 fully saturated rings. The highest BCUT2D eigenvalue weighted by atomic mass is 32.1. The highest BCUT2D eigenvalue weighted by Gasteiger charge is 2.11. The summed E-state index contributed by atoms with van der Waals surface area (Å²) in [6, 6.07) is 13.4. The van der Waals surface area contributed by atoms with Gasteiger partial charge in [0.05, 0.1) is 17.4 Å². The second kappa shape index (κ2) is 5.45. The van der Waals surface area contributed by atoms with Crippen molar-refractivity contribution in [2.24, 2.45) is 0 Å². The van der Waals surface area contributed by atoms with Crippen molar-refractivity contribution < 1.29 is 4.79 Å². The molecule has 3 nitrogen and oxygen atoms in total. The lowest BCUT2D eigenvalue weighted by Gasteiger charge is -2.03. The zero-order valence-electron chi connectivity index (χ0n) is 10.4. The average molecular weight is 298 g/mol. The number of nitrogens with zero attached hydrogens (tertiary/aromatic N) is 1. The van der Waals surface area contributed by atoms with Crippen LogP contribution in [0.2, 0.25) is 0 Å². The number of thiophene rings is 2. The molecule has 3 aromatic rings. The largest absolute Gasteiger partial charge is 0.321 e. The molecule has 1 amide bonds. The molecule has 0 aliphatic rings. The highest BCUT2D eigenvalue weighted by Crippen LogP contribution is 2.30. The topological polar surface area (TPSA) is 52.9 Å². The summed E-state index contributed by atoms with van der Waals surface area (Å²) in [5, 5.41) is 13.5. The number of nitrogens with one attached hydrogen (secondary N) is 1. The molecule has 98 valence electrons. The van der Waals surface area contributed by atoms with Crippen molar-refractivity contribution in [3.05, 3.63) is 52.2 Å². The van der Waals surface area contributed by atoms with Gasteiger partial charge in [0.2, 0.25) is 0 Å². The fraction of sp³-hybridized carbons (Fsp3) is 0.0667. The molecular weight excluding hydrogens is 288 g/mol. The Bertz CT molecular complexity index is 765. The van der Waals surface area contributed by atoms with Gasteiger partial charge in [0, 0.05) is 15.1 Å². The van der Waals surface area contributed by atoms with E-state index in [0.717, 1.165) is 20.7 Å². The van der Waals surface area contributed by atoms with Crippen LogP contribution in [0.3, 0.4) is 0 Å². The molecule has 1 aromatic carbocycles. The number of carbonyl (C=O) groups is 1. The third kappa shape index (κ3) is 2.57. The van der Waals surface area contributed by atoms with Crippen LogP contribution in [-0.2, 0) is 6.42 Å². The first kappa shape index (κ1) is 12.9. The van der Waals surface area contributed by atoms with Gasteiger partial charge in [-0.15, -0.1) is 22.7 Å². The lowest BCUT2D eigenvalue weighted by Crippen LogP contribution is -2.09. The molecule has 0 saturated carbocycles. The van der Waals surface area contributed by atoms with Gasteiger partial charge in [-0.3, -0.25) is 4.79 Å². The second-order valence-corrected chi connectivity index (χ2v) is 6.28. The van der Waals surface area contributed by atoms with Crippen LogP contribution in [0.1, 0.15) is 15.2 Å². The molecule has 20 heavy (non-hydrogen) atoms. The molecule has 0 atom stereocenters. The van der Waals surface area contributed by atoms with E-state index in [2.05, 4.69) is 11.4 Å². The molecule has 5 heteroatoms. The monoisotopic (exact) mass is 298 g/mol. The fourth-order valence-corrected chi connectivity index (χ4v) is 3.87. The number of fused-ring (bicyclic) bond motifs is 1. The summed E-state index contributed by atoms with van der Waals surface area (Å²) in [5.41, 5.74) is 1.69. The molecule has 0 bridgehead atoms. The minimum Gasteiger partial charge on any atom is -0.321 e. The minimum absolute atomic E-state index is 0.0913. The lowest BCUT2D eigenvalue weighted by atomic mass is 10.1. The molecule has 0 spiro atoms.